The lowest BCUT2D eigenvalue weighted by Gasteiger charge is -2.17. The summed E-state index contributed by atoms with van der Waals surface area (Å²) in [6, 6.07) is 0. The van der Waals surface area contributed by atoms with E-state index in [0.29, 0.717) is 29.1 Å². The lowest BCUT2D eigenvalue weighted by atomic mass is 9.95. The smallest absolute Gasteiger partial charge is 0.276 e. The van der Waals surface area contributed by atoms with E-state index in [2.05, 4.69) is 24.0 Å². The van der Waals surface area contributed by atoms with Crippen LogP contribution in [-0.4, -0.2) is 34.1 Å². The van der Waals surface area contributed by atoms with Crippen LogP contribution in [0.4, 0.5) is 5.69 Å². The lowest BCUT2D eigenvalue weighted by Crippen LogP contribution is -2.30. The summed E-state index contributed by atoms with van der Waals surface area (Å²) in [4.78, 5) is 14.4. The molecule has 1 unspecified atom stereocenters. The molecule has 0 bridgehead atoms. The Labute approximate surface area is 113 Å². The molecule has 1 aliphatic carbocycles. The van der Waals surface area contributed by atoms with Crippen molar-refractivity contribution in [2.45, 2.75) is 39.0 Å². The number of carbonyl (C=O) groups excluding carboxylic acids is 1. The number of hydrogen-bond donors (Lipinski definition) is 2. The van der Waals surface area contributed by atoms with Crippen molar-refractivity contribution in [3.63, 3.8) is 0 Å². The van der Waals surface area contributed by atoms with E-state index in [0.717, 1.165) is 38.0 Å². The minimum atomic E-state index is -0.0104. The highest BCUT2D eigenvalue weighted by molar-refractivity contribution is 5.97. The van der Waals surface area contributed by atoms with Crippen LogP contribution >= 0.6 is 0 Å². The number of nitrogen functional groups attached to an aromatic ring is 1. The van der Waals surface area contributed by atoms with Gasteiger partial charge in [0.25, 0.3) is 5.91 Å². The highest BCUT2D eigenvalue weighted by Gasteiger charge is 2.34. The number of hydrogen-bond acceptors (Lipinski definition) is 3. The van der Waals surface area contributed by atoms with Crippen LogP contribution in [0, 0.1) is 11.8 Å². The molecule has 1 aliphatic heterocycles. The number of rotatable bonds is 3. The Balaban J connectivity index is 1.74. The third-order valence-corrected chi connectivity index (χ3v) is 4.48. The van der Waals surface area contributed by atoms with Crippen LogP contribution in [0.25, 0.3) is 0 Å². The molecule has 0 radical (unpaired) electrons. The maximum atomic E-state index is 12.5. The average molecular weight is 262 g/mol. The molecule has 1 saturated carbocycles. The summed E-state index contributed by atoms with van der Waals surface area (Å²) in [5.41, 5.74) is 8.02. The normalized spacial score (nSPS) is 23.3. The number of carbonyl (C=O) groups is 1. The van der Waals surface area contributed by atoms with Crippen molar-refractivity contribution in [1.82, 2.24) is 15.1 Å². The van der Waals surface area contributed by atoms with E-state index in [9.17, 15) is 4.79 Å². The first-order valence-electron chi connectivity index (χ1n) is 7.21. The van der Waals surface area contributed by atoms with Crippen molar-refractivity contribution in [3.05, 3.63) is 11.4 Å². The van der Waals surface area contributed by atoms with E-state index in [1.807, 2.05) is 4.90 Å². The van der Waals surface area contributed by atoms with Crippen molar-refractivity contribution >= 4 is 11.6 Å². The molecule has 3 rings (SSSR count). The summed E-state index contributed by atoms with van der Waals surface area (Å²) < 4.78 is 0. The zero-order valence-corrected chi connectivity index (χ0v) is 11.6. The number of H-pyrrole nitrogens is 1. The molecule has 2 heterocycles. The number of anilines is 1. The predicted molar refractivity (Wildman–Crippen MR) is 73.8 cm³/mol. The predicted octanol–water partition coefficient (Wildman–Crippen LogP) is 1.99. The van der Waals surface area contributed by atoms with Gasteiger partial charge in [-0.2, -0.15) is 5.10 Å². The number of likely N-dealkylation sites (tertiary alicyclic amines) is 1. The van der Waals surface area contributed by atoms with Crippen LogP contribution in [0.2, 0.25) is 0 Å². The number of amides is 1. The molecular weight excluding hydrogens is 240 g/mol. The molecule has 1 aromatic heterocycles. The number of aromatic amines is 1. The first-order chi connectivity index (χ1) is 9.08. The maximum absolute atomic E-state index is 12.5. The number of nitrogens with one attached hydrogen (secondary N) is 1. The summed E-state index contributed by atoms with van der Waals surface area (Å²) >= 11 is 0. The van der Waals surface area contributed by atoms with Crippen molar-refractivity contribution < 1.29 is 4.79 Å². The minimum Gasteiger partial charge on any atom is -0.395 e. The molecule has 19 heavy (non-hydrogen) atoms. The Morgan fingerprint density at radius 2 is 2.16 bits per heavy atom. The van der Waals surface area contributed by atoms with Crippen LogP contribution in [-0.2, 0) is 0 Å². The molecule has 104 valence electrons. The van der Waals surface area contributed by atoms with Gasteiger partial charge in [-0.3, -0.25) is 9.89 Å². The zero-order valence-electron chi connectivity index (χ0n) is 11.6. The molecular formula is C14H22N4O. The van der Waals surface area contributed by atoms with Gasteiger partial charge in [0.15, 0.2) is 5.69 Å². The second-order valence-corrected chi connectivity index (χ2v) is 6.22. The van der Waals surface area contributed by atoms with E-state index >= 15 is 0 Å². The van der Waals surface area contributed by atoms with Crippen molar-refractivity contribution in [1.29, 1.82) is 0 Å². The van der Waals surface area contributed by atoms with Crippen LogP contribution < -0.4 is 5.73 Å². The Bertz CT molecular complexity index is 490. The molecule has 1 saturated heterocycles. The van der Waals surface area contributed by atoms with Crippen molar-refractivity contribution in [2.24, 2.45) is 11.8 Å². The molecule has 3 N–H and O–H groups in total. The summed E-state index contributed by atoms with van der Waals surface area (Å²) in [6.45, 7) is 6.09. The van der Waals surface area contributed by atoms with E-state index in [1.165, 1.54) is 0 Å². The fourth-order valence-corrected chi connectivity index (χ4v) is 2.88. The summed E-state index contributed by atoms with van der Waals surface area (Å²) in [7, 11) is 0. The van der Waals surface area contributed by atoms with Gasteiger partial charge in [0.1, 0.15) is 0 Å². The molecule has 5 heteroatoms. The topological polar surface area (TPSA) is 75.0 Å². The van der Waals surface area contributed by atoms with E-state index in [-0.39, 0.29) is 5.91 Å². The summed E-state index contributed by atoms with van der Waals surface area (Å²) in [6.07, 6.45) is 3.39. The Hall–Kier alpha value is -1.52. The fourth-order valence-electron chi connectivity index (χ4n) is 2.88. The zero-order chi connectivity index (χ0) is 13.6. The third-order valence-electron chi connectivity index (χ3n) is 4.48. The monoisotopic (exact) mass is 262 g/mol. The second kappa shape index (κ2) is 4.54. The SMILES string of the molecule is CC(C)C1CCN(C(=O)c2n[nH]c(C3CC3)c2N)C1. The molecule has 5 nitrogen and oxygen atoms in total. The summed E-state index contributed by atoms with van der Waals surface area (Å²) in [5, 5.41) is 7.10. The number of aromatic nitrogens is 2. The molecule has 2 aliphatic rings. The van der Waals surface area contributed by atoms with Gasteiger partial charge >= 0.3 is 0 Å². The highest BCUT2D eigenvalue weighted by atomic mass is 16.2. The van der Waals surface area contributed by atoms with Gasteiger partial charge in [-0.05, 0) is 31.1 Å². The molecule has 1 atom stereocenters. The highest BCUT2D eigenvalue weighted by Crippen LogP contribution is 2.42. The van der Waals surface area contributed by atoms with Crippen LogP contribution in [0.5, 0.6) is 0 Å². The van der Waals surface area contributed by atoms with E-state index < -0.39 is 0 Å². The Morgan fingerprint density at radius 3 is 2.74 bits per heavy atom. The van der Waals surface area contributed by atoms with Gasteiger partial charge in [-0.1, -0.05) is 13.8 Å². The quantitative estimate of drug-likeness (QED) is 0.874. The van der Waals surface area contributed by atoms with Gasteiger partial charge in [0.2, 0.25) is 0 Å². The van der Waals surface area contributed by atoms with Crippen LogP contribution in [0.3, 0.4) is 0 Å². The first-order valence-corrected chi connectivity index (χ1v) is 7.21. The average Bonchev–Trinajstić information content (AvgIpc) is 2.96. The second-order valence-electron chi connectivity index (χ2n) is 6.22. The van der Waals surface area contributed by atoms with Gasteiger partial charge in [0, 0.05) is 19.0 Å². The van der Waals surface area contributed by atoms with Gasteiger partial charge in [-0.15, -0.1) is 0 Å². The molecule has 0 aromatic carbocycles. The molecule has 1 amide bonds. The first kappa shape index (κ1) is 12.5. The summed E-state index contributed by atoms with van der Waals surface area (Å²) in [5.74, 6) is 1.71. The Kier molecular flexibility index (Phi) is 2.99. The number of nitrogens with two attached hydrogens (primary N) is 1. The Morgan fingerprint density at radius 1 is 1.42 bits per heavy atom. The van der Waals surface area contributed by atoms with Crippen LogP contribution in [0.15, 0.2) is 0 Å². The molecule has 2 fully saturated rings. The lowest BCUT2D eigenvalue weighted by molar-refractivity contribution is 0.0779. The standard InChI is InChI=1S/C14H22N4O/c1-8(2)10-5-6-18(7-10)14(19)13-11(15)12(16-17-13)9-3-4-9/h8-10H,3-7,15H2,1-2H3,(H,16,17). The van der Waals surface area contributed by atoms with Gasteiger partial charge in [-0.25, -0.2) is 0 Å². The van der Waals surface area contributed by atoms with Gasteiger partial charge < -0.3 is 10.6 Å². The molecule has 1 aromatic rings. The third kappa shape index (κ3) is 2.22. The van der Waals surface area contributed by atoms with Crippen LogP contribution in [0.1, 0.15) is 55.2 Å². The minimum absolute atomic E-state index is 0.0104. The molecule has 0 spiro atoms. The van der Waals surface area contributed by atoms with Gasteiger partial charge in [0.05, 0.1) is 11.4 Å². The largest absolute Gasteiger partial charge is 0.395 e. The fraction of sp³-hybridized carbons (Fsp3) is 0.714. The van der Waals surface area contributed by atoms with Crippen molar-refractivity contribution in [3.8, 4) is 0 Å². The van der Waals surface area contributed by atoms with Crippen molar-refractivity contribution in [2.75, 3.05) is 18.8 Å². The van der Waals surface area contributed by atoms with E-state index in [1.54, 1.807) is 0 Å². The van der Waals surface area contributed by atoms with E-state index in [4.69, 9.17) is 5.73 Å². The number of nitrogens with zero attached hydrogens (tertiary/aromatic N) is 2. The maximum Gasteiger partial charge on any atom is 0.276 e.